The Morgan fingerprint density at radius 3 is 2.71 bits per heavy atom. The Balaban J connectivity index is 2.50. The van der Waals surface area contributed by atoms with Crippen molar-refractivity contribution in [2.75, 3.05) is 13.1 Å². The predicted molar refractivity (Wildman–Crippen MR) is 62.2 cm³/mol. The summed E-state index contributed by atoms with van der Waals surface area (Å²) in [6, 6.07) is 2.06. The largest absolute Gasteiger partial charge is 0.444 e. The first-order valence-corrected chi connectivity index (χ1v) is 5.86. The number of rotatable bonds is 1. The Morgan fingerprint density at radius 2 is 2.24 bits per heavy atom. The van der Waals surface area contributed by atoms with E-state index in [9.17, 15) is 9.90 Å². The molecule has 1 fully saturated rings. The second kappa shape index (κ2) is 5.37. The van der Waals surface area contributed by atoms with Gasteiger partial charge in [0, 0.05) is 18.9 Å². The zero-order chi connectivity index (χ0) is 13.1. The first-order valence-electron chi connectivity index (χ1n) is 5.86. The van der Waals surface area contributed by atoms with Crippen LogP contribution in [0.3, 0.4) is 0 Å². The zero-order valence-electron chi connectivity index (χ0n) is 10.6. The second-order valence-corrected chi connectivity index (χ2v) is 5.40. The Hall–Kier alpha value is -1.28. The molecule has 0 saturated carbocycles. The molecule has 0 aliphatic carbocycles. The lowest BCUT2D eigenvalue weighted by Gasteiger charge is -2.35. The highest BCUT2D eigenvalue weighted by Crippen LogP contribution is 2.22. The maximum Gasteiger partial charge on any atom is 0.410 e. The number of amides is 1. The molecule has 1 aliphatic rings. The molecule has 1 amide bonds. The highest BCUT2D eigenvalue weighted by atomic mass is 16.6. The van der Waals surface area contributed by atoms with Gasteiger partial charge < -0.3 is 14.7 Å². The van der Waals surface area contributed by atoms with Crippen LogP contribution < -0.4 is 0 Å². The Bertz CT molecular complexity index is 317. The Kier molecular flexibility index (Phi) is 4.35. The van der Waals surface area contributed by atoms with Gasteiger partial charge >= 0.3 is 6.09 Å². The number of hydrogen-bond donors (Lipinski definition) is 1. The molecule has 1 saturated heterocycles. The number of carbonyl (C=O) groups excluding carboxylic acids is 1. The molecular formula is C12H20N2O3. The molecule has 0 bridgehead atoms. The van der Waals surface area contributed by atoms with Crippen LogP contribution in [-0.4, -0.2) is 40.9 Å². The summed E-state index contributed by atoms with van der Waals surface area (Å²) < 4.78 is 5.23. The lowest BCUT2D eigenvalue weighted by Crippen LogP contribution is -2.48. The summed E-state index contributed by atoms with van der Waals surface area (Å²) in [5, 5.41) is 18.4. The topological polar surface area (TPSA) is 73.6 Å². The van der Waals surface area contributed by atoms with Gasteiger partial charge in [-0.25, -0.2) is 4.79 Å². The van der Waals surface area contributed by atoms with Crippen molar-refractivity contribution < 1.29 is 14.6 Å². The number of likely N-dealkylation sites (tertiary alicyclic amines) is 1. The Morgan fingerprint density at radius 1 is 1.59 bits per heavy atom. The molecule has 2 unspecified atom stereocenters. The fourth-order valence-corrected chi connectivity index (χ4v) is 1.83. The van der Waals surface area contributed by atoms with Crippen LogP contribution in [-0.2, 0) is 4.74 Å². The molecule has 1 aliphatic heterocycles. The van der Waals surface area contributed by atoms with E-state index in [0.717, 1.165) is 0 Å². The SMILES string of the molecule is CC(C)(C)OC(=O)N1CCC(CC#N)C(O)C1. The van der Waals surface area contributed by atoms with Crippen molar-refractivity contribution in [3.05, 3.63) is 0 Å². The van der Waals surface area contributed by atoms with Gasteiger partial charge in [-0.15, -0.1) is 0 Å². The van der Waals surface area contributed by atoms with Crippen LogP contribution in [0.1, 0.15) is 33.6 Å². The van der Waals surface area contributed by atoms with Crippen molar-refractivity contribution in [2.24, 2.45) is 5.92 Å². The van der Waals surface area contributed by atoms with E-state index < -0.39 is 17.8 Å². The maximum absolute atomic E-state index is 11.8. The van der Waals surface area contributed by atoms with Crippen molar-refractivity contribution in [3.63, 3.8) is 0 Å². The predicted octanol–water partition coefficient (Wildman–Crippen LogP) is 1.52. The maximum atomic E-state index is 11.8. The molecule has 0 aromatic heterocycles. The summed E-state index contributed by atoms with van der Waals surface area (Å²) >= 11 is 0. The van der Waals surface area contributed by atoms with Crippen LogP contribution in [0.25, 0.3) is 0 Å². The summed E-state index contributed by atoms with van der Waals surface area (Å²) in [5.74, 6) is -0.0290. The van der Waals surface area contributed by atoms with E-state index in [0.29, 0.717) is 19.4 Å². The molecule has 1 heterocycles. The number of aliphatic hydroxyl groups excluding tert-OH is 1. The summed E-state index contributed by atoms with van der Waals surface area (Å²) in [5.41, 5.74) is -0.522. The molecule has 96 valence electrons. The van der Waals surface area contributed by atoms with E-state index in [1.54, 1.807) is 0 Å². The number of nitrogens with zero attached hydrogens (tertiary/aromatic N) is 2. The average Bonchev–Trinajstić information content (AvgIpc) is 2.18. The van der Waals surface area contributed by atoms with Crippen molar-refractivity contribution in [1.82, 2.24) is 4.90 Å². The van der Waals surface area contributed by atoms with Crippen LogP contribution in [0.5, 0.6) is 0 Å². The number of nitriles is 1. The van der Waals surface area contributed by atoms with Crippen molar-refractivity contribution in [1.29, 1.82) is 5.26 Å². The number of β-amino-alcohol motifs (C(OH)–C–C–N with tert-alkyl or cyclic N) is 1. The lowest BCUT2D eigenvalue weighted by atomic mass is 9.91. The minimum atomic E-state index is -0.629. The van der Waals surface area contributed by atoms with Gasteiger partial charge in [0.25, 0.3) is 0 Å². The first kappa shape index (κ1) is 13.8. The molecule has 5 heteroatoms. The van der Waals surface area contributed by atoms with Crippen LogP contribution in [0.2, 0.25) is 0 Å². The lowest BCUT2D eigenvalue weighted by molar-refractivity contribution is -0.0117. The minimum Gasteiger partial charge on any atom is -0.444 e. The number of ether oxygens (including phenoxy) is 1. The Labute approximate surface area is 102 Å². The highest BCUT2D eigenvalue weighted by Gasteiger charge is 2.32. The van der Waals surface area contributed by atoms with Gasteiger partial charge in [-0.1, -0.05) is 0 Å². The molecule has 0 aromatic rings. The monoisotopic (exact) mass is 240 g/mol. The number of piperidine rings is 1. The number of carbonyl (C=O) groups is 1. The van der Waals surface area contributed by atoms with Crippen molar-refractivity contribution in [3.8, 4) is 6.07 Å². The van der Waals surface area contributed by atoms with Gasteiger partial charge in [0.1, 0.15) is 5.60 Å². The average molecular weight is 240 g/mol. The van der Waals surface area contributed by atoms with Crippen LogP contribution in [0.15, 0.2) is 0 Å². The van der Waals surface area contributed by atoms with Crippen molar-refractivity contribution >= 4 is 6.09 Å². The van der Waals surface area contributed by atoms with Gasteiger partial charge in [0.05, 0.1) is 18.7 Å². The van der Waals surface area contributed by atoms with E-state index >= 15 is 0 Å². The minimum absolute atomic E-state index is 0.0290. The molecule has 0 aromatic carbocycles. The first-order chi connectivity index (χ1) is 7.83. The molecule has 17 heavy (non-hydrogen) atoms. The molecule has 2 atom stereocenters. The third kappa shape index (κ3) is 4.23. The van der Waals surface area contributed by atoms with Crippen LogP contribution in [0.4, 0.5) is 4.79 Å². The molecule has 1 rings (SSSR count). The van der Waals surface area contributed by atoms with Gasteiger partial charge in [-0.2, -0.15) is 5.26 Å². The summed E-state index contributed by atoms with van der Waals surface area (Å²) in [6.07, 6.45) is -0.0417. The summed E-state index contributed by atoms with van der Waals surface area (Å²) in [6.45, 7) is 6.22. The highest BCUT2D eigenvalue weighted by molar-refractivity contribution is 5.68. The molecule has 0 spiro atoms. The third-order valence-electron chi connectivity index (χ3n) is 2.73. The normalized spacial score (nSPS) is 25.2. The molecular weight excluding hydrogens is 220 g/mol. The fraction of sp³-hybridized carbons (Fsp3) is 0.833. The third-order valence-corrected chi connectivity index (χ3v) is 2.73. The van der Waals surface area contributed by atoms with E-state index in [1.165, 1.54) is 4.90 Å². The fourth-order valence-electron chi connectivity index (χ4n) is 1.83. The zero-order valence-corrected chi connectivity index (χ0v) is 10.6. The van der Waals surface area contributed by atoms with Gasteiger partial charge in [0.15, 0.2) is 0 Å². The smallest absolute Gasteiger partial charge is 0.410 e. The number of aliphatic hydroxyl groups is 1. The second-order valence-electron chi connectivity index (χ2n) is 5.40. The number of hydrogen-bond acceptors (Lipinski definition) is 4. The molecule has 5 nitrogen and oxygen atoms in total. The van der Waals surface area contributed by atoms with Crippen molar-refractivity contribution in [2.45, 2.75) is 45.3 Å². The summed E-state index contributed by atoms with van der Waals surface area (Å²) in [4.78, 5) is 13.3. The van der Waals surface area contributed by atoms with E-state index in [1.807, 2.05) is 20.8 Å². The van der Waals surface area contributed by atoms with E-state index in [-0.39, 0.29) is 12.5 Å². The standard InChI is InChI=1S/C12H20N2O3/c1-12(2,3)17-11(16)14-7-5-9(4-6-13)10(15)8-14/h9-10,15H,4-5,7-8H2,1-3H3. The van der Waals surface area contributed by atoms with Gasteiger partial charge in [-0.3, -0.25) is 0 Å². The van der Waals surface area contributed by atoms with Crippen LogP contribution in [0, 0.1) is 17.2 Å². The van der Waals surface area contributed by atoms with E-state index in [2.05, 4.69) is 6.07 Å². The van der Waals surface area contributed by atoms with E-state index in [4.69, 9.17) is 10.00 Å². The molecule has 1 N–H and O–H groups in total. The van der Waals surface area contributed by atoms with Crippen LogP contribution >= 0.6 is 0 Å². The van der Waals surface area contributed by atoms with Gasteiger partial charge in [-0.05, 0) is 27.2 Å². The quantitative estimate of drug-likeness (QED) is 0.754. The summed E-state index contributed by atoms with van der Waals surface area (Å²) in [7, 11) is 0. The van der Waals surface area contributed by atoms with Gasteiger partial charge in [0.2, 0.25) is 0 Å². The molecule has 0 radical (unpaired) electrons.